The minimum atomic E-state index is -0.283. The molecular formula is C21H17BrN4O3. The van der Waals surface area contributed by atoms with Crippen molar-refractivity contribution in [1.82, 2.24) is 20.0 Å². The molecule has 4 rings (SSSR count). The number of hydrogen-bond acceptors (Lipinski definition) is 5. The molecule has 146 valence electrons. The minimum absolute atomic E-state index is 0.148. The number of carbonyl (C=O) groups excluding carboxylic acids is 1. The maximum absolute atomic E-state index is 12.9. The number of rotatable bonds is 6. The Hall–Kier alpha value is -3.26. The molecule has 2 aromatic carbocycles. The van der Waals surface area contributed by atoms with Gasteiger partial charge in [-0.05, 0) is 17.7 Å². The molecule has 4 aromatic rings. The van der Waals surface area contributed by atoms with Gasteiger partial charge in [0.15, 0.2) is 0 Å². The predicted octanol–water partition coefficient (Wildman–Crippen LogP) is 3.52. The van der Waals surface area contributed by atoms with Gasteiger partial charge in [-0.2, -0.15) is 0 Å². The Bertz CT molecular complexity index is 1220. The summed E-state index contributed by atoms with van der Waals surface area (Å²) in [6.45, 7) is 0.639. The minimum Gasteiger partial charge on any atom is -0.352 e. The summed E-state index contributed by atoms with van der Waals surface area (Å²) in [4.78, 5) is 29.3. The zero-order valence-corrected chi connectivity index (χ0v) is 16.9. The molecule has 0 saturated carbocycles. The van der Waals surface area contributed by atoms with Crippen molar-refractivity contribution >= 4 is 32.9 Å². The largest absolute Gasteiger partial charge is 0.352 e. The van der Waals surface area contributed by atoms with Crippen molar-refractivity contribution in [3.8, 4) is 11.3 Å². The topological polar surface area (TPSA) is 90.0 Å². The number of carbonyl (C=O) groups is 1. The number of aryl methyl sites for hydroxylation is 1. The second-order valence-corrected chi connectivity index (χ2v) is 7.39. The summed E-state index contributed by atoms with van der Waals surface area (Å²) in [5, 5.41) is 7.17. The number of halogens is 1. The van der Waals surface area contributed by atoms with E-state index < -0.39 is 0 Å². The molecule has 2 heterocycles. The van der Waals surface area contributed by atoms with Crippen LogP contribution in [0.15, 0.2) is 74.7 Å². The fraction of sp³-hybridized carbons (Fsp3) is 0.143. The van der Waals surface area contributed by atoms with Crippen molar-refractivity contribution in [2.45, 2.75) is 19.5 Å². The number of fused-ring (bicyclic) bond motifs is 1. The molecule has 1 amide bonds. The zero-order valence-electron chi connectivity index (χ0n) is 15.3. The summed E-state index contributed by atoms with van der Waals surface area (Å²) in [6.07, 6.45) is 1.54. The van der Waals surface area contributed by atoms with Crippen LogP contribution in [0.3, 0.4) is 0 Å². The molecule has 7 nitrogen and oxygen atoms in total. The Kier molecular flexibility index (Phi) is 5.53. The predicted molar refractivity (Wildman–Crippen MR) is 112 cm³/mol. The molecule has 0 spiro atoms. The van der Waals surface area contributed by atoms with Crippen LogP contribution in [0.1, 0.15) is 12.0 Å². The summed E-state index contributed by atoms with van der Waals surface area (Å²) < 4.78 is 7.57. The van der Waals surface area contributed by atoms with E-state index in [4.69, 9.17) is 4.52 Å². The molecule has 0 atom stereocenters. The van der Waals surface area contributed by atoms with Crippen molar-refractivity contribution in [2.75, 3.05) is 0 Å². The number of benzene rings is 2. The summed E-state index contributed by atoms with van der Waals surface area (Å²) in [6, 6.07) is 17.0. The van der Waals surface area contributed by atoms with Crippen LogP contribution >= 0.6 is 15.9 Å². The molecule has 0 aliphatic heterocycles. The van der Waals surface area contributed by atoms with Gasteiger partial charge in [-0.25, -0.2) is 4.98 Å². The molecule has 0 unspecified atom stereocenters. The van der Waals surface area contributed by atoms with Gasteiger partial charge in [0.1, 0.15) is 17.4 Å². The molecule has 0 aliphatic carbocycles. The van der Waals surface area contributed by atoms with Crippen molar-refractivity contribution in [3.05, 3.63) is 81.3 Å². The van der Waals surface area contributed by atoms with Gasteiger partial charge in [-0.15, -0.1) is 0 Å². The fourth-order valence-corrected chi connectivity index (χ4v) is 3.44. The first-order chi connectivity index (χ1) is 14.1. The Labute approximate surface area is 174 Å². The van der Waals surface area contributed by atoms with Crippen molar-refractivity contribution in [1.29, 1.82) is 0 Å². The third-order valence-electron chi connectivity index (χ3n) is 4.47. The fourth-order valence-electron chi connectivity index (χ4n) is 2.99. The summed E-state index contributed by atoms with van der Waals surface area (Å²) in [5.41, 5.74) is 2.12. The second kappa shape index (κ2) is 8.40. The Morgan fingerprint density at radius 2 is 1.97 bits per heavy atom. The second-order valence-electron chi connectivity index (χ2n) is 6.48. The molecular weight excluding hydrogens is 436 g/mol. The van der Waals surface area contributed by atoms with E-state index in [-0.39, 0.29) is 30.1 Å². The standard InChI is InChI=1S/C21H17BrN4O3/c22-16-8-4-5-14(11-16)12-23-17(27)9-10-26-13-24-20-18(21(26)28)19(25-29-20)15-6-2-1-3-7-15/h1-8,11,13H,9-10,12H2,(H,23,27). The van der Waals surface area contributed by atoms with Crippen LogP contribution in [0.25, 0.3) is 22.4 Å². The van der Waals surface area contributed by atoms with Crippen molar-refractivity contribution in [3.63, 3.8) is 0 Å². The van der Waals surface area contributed by atoms with Gasteiger partial charge in [-0.1, -0.05) is 63.6 Å². The van der Waals surface area contributed by atoms with Crippen LogP contribution in [0.2, 0.25) is 0 Å². The highest BCUT2D eigenvalue weighted by Gasteiger charge is 2.17. The molecule has 0 fully saturated rings. The highest BCUT2D eigenvalue weighted by Crippen LogP contribution is 2.23. The average molecular weight is 453 g/mol. The lowest BCUT2D eigenvalue weighted by atomic mass is 10.1. The van der Waals surface area contributed by atoms with Gasteiger partial charge < -0.3 is 9.84 Å². The summed E-state index contributed by atoms with van der Waals surface area (Å²) in [7, 11) is 0. The van der Waals surface area contributed by atoms with Gasteiger partial charge in [0, 0.05) is 29.5 Å². The first-order valence-electron chi connectivity index (χ1n) is 9.03. The Balaban J connectivity index is 1.48. The van der Waals surface area contributed by atoms with E-state index in [9.17, 15) is 9.59 Å². The van der Waals surface area contributed by atoms with Gasteiger partial charge in [0.05, 0.1) is 0 Å². The smallest absolute Gasteiger partial charge is 0.266 e. The van der Waals surface area contributed by atoms with E-state index >= 15 is 0 Å². The van der Waals surface area contributed by atoms with E-state index in [2.05, 4.69) is 31.4 Å². The Morgan fingerprint density at radius 1 is 1.14 bits per heavy atom. The lowest BCUT2D eigenvalue weighted by molar-refractivity contribution is -0.121. The molecule has 2 aromatic heterocycles. The van der Waals surface area contributed by atoms with Crippen LogP contribution in [-0.4, -0.2) is 20.6 Å². The molecule has 1 N–H and O–H groups in total. The van der Waals surface area contributed by atoms with Gasteiger partial charge in [-0.3, -0.25) is 14.2 Å². The van der Waals surface area contributed by atoms with E-state index in [1.54, 1.807) is 0 Å². The van der Waals surface area contributed by atoms with Crippen LogP contribution in [-0.2, 0) is 17.9 Å². The number of hydrogen-bond donors (Lipinski definition) is 1. The number of aromatic nitrogens is 3. The van der Waals surface area contributed by atoms with E-state index in [1.165, 1.54) is 10.9 Å². The number of nitrogens with one attached hydrogen (secondary N) is 1. The number of nitrogens with zero attached hydrogens (tertiary/aromatic N) is 3. The van der Waals surface area contributed by atoms with E-state index in [0.717, 1.165) is 15.6 Å². The monoisotopic (exact) mass is 452 g/mol. The molecule has 29 heavy (non-hydrogen) atoms. The van der Waals surface area contributed by atoms with Crippen molar-refractivity contribution < 1.29 is 9.32 Å². The van der Waals surface area contributed by atoms with E-state index in [1.807, 2.05) is 54.6 Å². The van der Waals surface area contributed by atoms with Gasteiger partial charge >= 0.3 is 0 Å². The van der Waals surface area contributed by atoms with E-state index in [0.29, 0.717) is 17.6 Å². The molecule has 8 heteroatoms. The maximum atomic E-state index is 12.9. The SMILES string of the molecule is O=C(CCn1cnc2onc(-c3ccccc3)c2c1=O)NCc1cccc(Br)c1. The third kappa shape index (κ3) is 4.27. The quantitative estimate of drug-likeness (QED) is 0.483. The third-order valence-corrected chi connectivity index (χ3v) is 4.96. The van der Waals surface area contributed by atoms with Crippen LogP contribution in [0, 0.1) is 0 Å². The highest BCUT2D eigenvalue weighted by atomic mass is 79.9. The first kappa shape index (κ1) is 19.1. The first-order valence-corrected chi connectivity index (χ1v) is 9.82. The molecule has 0 saturated heterocycles. The van der Waals surface area contributed by atoms with Crippen LogP contribution < -0.4 is 10.9 Å². The number of amides is 1. The average Bonchev–Trinajstić information content (AvgIpc) is 3.17. The van der Waals surface area contributed by atoms with Gasteiger partial charge in [0.2, 0.25) is 5.91 Å². The Morgan fingerprint density at radius 3 is 2.76 bits per heavy atom. The van der Waals surface area contributed by atoms with Crippen LogP contribution in [0.4, 0.5) is 0 Å². The van der Waals surface area contributed by atoms with Crippen molar-refractivity contribution in [2.24, 2.45) is 0 Å². The zero-order chi connectivity index (χ0) is 20.2. The lowest BCUT2D eigenvalue weighted by Crippen LogP contribution is -2.27. The molecule has 0 bridgehead atoms. The molecule has 0 aliphatic rings. The molecule has 0 radical (unpaired) electrons. The van der Waals surface area contributed by atoms with Crippen LogP contribution in [0.5, 0.6) is 0 Å². The highest BCUT2D eigenvalue weighted by molar-refractivity contribution is 9.10. The summed E-state index contributed by atoms with van der Waals surface area (Å²) >= 11 is 3.41. The summed E-state index contributed by atoms with van der Waals surface area (Å²) in [5.74, 6) is -0.148. The maximum Gasteiger partial charge on any atom is 0.266 e. The normalized spacial score (nSPS) is 10.9. The van der Waals surface area contributed by atoms with Gasteiger partial charge in [0.25, 0.3) is 11.3 Å². The lowest BCUT2D eigenvalue weighted by Gasteiger charge is -2.07.